The molecule has 0 bridgehead atoms. The number of aliphatic hydroxyl groups excluding tert-OH is 1. The maximum atomic E-state index is 9.11. The van der Waals surface area contributed by atoms with E-state index in [0.717, 1.165) is 0 Å². The van der Waals surface area contributed by atoms with Gasteiger partial charge >= 0.3 is 0 Å². The van der Waals surface area contributed by atoms with Crippen LogP contribution in [0, 0.1) is 0 Å². The van der Waals surface area contributed by atoms with Crippen LogP contribution in [0.15, 0.2) is 0 Å². The molecule has 1 aliphatic heterocycles. The van der Waals surface area contributed by atoms with E-state index in [4.69, 9.17) is 20.3 Å². The molecule has 0 amide bonds. The van der Waals surface area contributed by atoms with Crippen LogP contribution in [0.25, 0.3) is 0 Å². The van der Waals surface area contributed by atoms with E-state index < -0.39 is 6.29 Å². The highest BCUT2D eigenvalue weighted by Gasteiger charge is 2.33. The van der Waals surface area contributed by atoms with Gasteiger partial charge in [-0.3, -0.25) is 0 Å². The smallest absolute Gasteiger partial charge is 0.156 e. The first-order chi connectivity index (χ1) is 5.15. The largest absolute Gasteiger partial charge is 0.377 e. The molecule has 0 aliphatic carbocycles. The van der Waals surface area contributed by atoms with Crippen molar-refractivity contribution in [1.82, 2.24) is 0 Å². The van der Waals surface area contributed by atoms with Crippen molar-refractivity contribution < 1.29 is 14.6 Å². The molecule has 11 heavy (non-hydrogen) atoms. The van der Waals surface area contributed by atoms with Gasteiger partial charge in [0.1, 0.15) is 0 Å². The lowest BCUT2D eigenvalue weighted by molar-refractivity contribution is -0.204. The van der Waals surface area contributed by atoms with Crippen molar-refractivity contribution in [3.63, 3.8) is 0 Å². The van der Waals surface area contributed by atoms with E-state index in [-0.39, 0.29) is 18.2 Å². The zero-order valence-corrected chi connectivity index (χ0v) is 6.86. The van der Waals surface area contributed by atoms with E-state index >= 15 is 0 Å². The molecule has 4 atom stereocenters. The Hall–Kier alpha value is -0.160. The fourth-order valence-corrected chi connectivity index (χ4v) is 1.46. The zero-order chi connectivity index (χ0) is 8.43. The molecule has 0 unspecified atom stereocenters. The second-order valence-electron chi connectivity index (χ2n) is 2.90. The average Bonchev–Trinajstić information content (AvgIpc) is 1.85. The van der Waals surface area contributed by atoms with Crippen molar-refractivity contribution in [3.05, 3.63) is 0 Å². The Morgan fingerprint density at radius 2 is 2.27 bits per heavy atom. The third kappa shape index (κ3) is 1.90. The number of hydrogen-bond acceptors (Lipinski definition) is 4. The molecule has 1 fully saturated rings. The molecule has 0 aromatic carbocycles. The predicted molar refractivity (Wildman–Crippen MR) is 39.9 cm³/mol. The number of nitrogens with two attached hydrogens (primary N) is 1. The number of ether oxygens (including phenoxy) is 2. The van der Waals surface area contributed by atoms with E-state index in [1.165, 1.54) is 0 Å². The van der Waals surface area contributed by atoms with Crippen LogP contribution in [-0.2, 0) is 9.47 Å². The van der Waals surface area contributed by atoms with E-state index in [1.54, 1.807) is 7.11 Å². The third-order valence-electron chi connectivity index (χ3n) is 2.00. The molecule has 0 aromatic rings. The maximum Gasteiger partial charge on any atom is 0.156 e. The number of aliphatic hydroxyl groups is 1. The molecular formula is C7H15NO3. The van der Waals surface area contributed by atoms with Crippen LogP contribution in [0.4, 0.5) is 0 Å². The molecule has 4 nitrogen and oxygen atoms in total. The highest BCUT2D eigenvalue weighted by Crippen LogP contribution is 2.18. The summed E-state index contributed by atoms with van der Waals surface area (Å²) in [5, 5.41) is 9.11. The average molecular weight is 161 g/mol. The van der Waals surface area contributed by atoms with Gasteiger partial charge in [0.05, 0.1) is 12.2 Å². The zero-order valence-electron chi connectivity index (χ0n) is 6.86. The van der Waals surface area contributed by atoms with Crippen LogP contribution in [0.5, 0.6) is 0 Å². The fraction of sp³-hybridized carbons (Fsp3) is 1.00. The molecule has 66 valence electrons. The van der Waals surface area contributed by atoms with Crippen molar-refractivity contribution in [2.45, 2.75) is 37.9 Å². The first kappa shape index (κ1) is 8.93. The summed E-state index contributed by atoms with van der Waals surface area (Å²) in [6, 6.07) is -0.126. The molecule has 0 spiro atoms. The standard InChI is InChI=1S/C7H15NO3/c1-4-7(10-2)5(8)3-6(9)11-4/h4-7,9H,3,8H2,1-2H3/t4-,5-,6+,7-/m1/s1. The summed E-state index contributed by atoms with van der Waals surface area (Å²) in [5.74, 6) is 0. The first-order valence-corrected chi connectivity index (χ1v) is 3.77. The van der Waals surface area contributed by atoms with Crippen molar-refractivity contribution in [2.24, 2.45) is 5.73 Å². The summed E-state index contributed by atoms with van der Waals surface area (Å²) >= 11 is 0. The van der Waals surface area contributed by atoms with Gasteiger partial charge in [-0.2, -0.15) is 0 Å². The van der Waals surface area contributed by atoms with Gasteiger partial charge in [-0.1, -0.05) is 0 Å². The summed E-state index contributed by atoms with van der Waals surface area (Å²) in [4.78, 5) is 0. The lowest BCUT2D eigenvalue weighted by atomic mass is 10.0. The van der Waals surface area contributed by atoms with Gasteiger partial charge < -0.3 is 20.3 Å². The molecule has 1 rings (SSSR count). The summed E-state index contributed by atoms with van der Waals surface area (Å²) in [6.45, 7) is 1.84. The topological polar surface area (TPSA) is 64.7 Å². The summed E-state index contributed by atoms with van der Waals surface area (Å²) in [6.07, 6.45) is -0.508. The highest BCUT2D eigenvalue weighted by atomic mass is 16.6. The summed E-state index contributed by atoms with van der Waals surface area (Å²) in [5.41, 5.74) is 5.71. The summed E-state index contributed by atoms with van der Waals surface area (Å²) in [7, 11) is 1.60. The molecule has 0 aromatic heterocycles. The monoisotopic (exact) mass is 161 g/mol. The van der Waals surface area contributed by atoms with E-state index in [0.29, 0.717) is 6.42 Å². The molecule has 1 heterocycles. The number of rotatable bonds is 1. The molecular weight excluding hydrogens is 146 g/mol. The minimum absolute atomic E-state index is 0.0987. The van der Waals surface area contributed by atoms with Crippen molar-refractivity contribution >= 4 is 0 Å². The Morgan fingerprint density at radius 3 is 2.73 bits per heavy atom. The van der Waals surface area contributed by atoms with Crippen LogP contribution < -0.4 is 5.73 Å². The van der Waals surface area contributed by atoms with Gasteiger partial charge in [0.2, 0.25) is 0 Å². The highest BCUT2D eigenvalue weighted by molar-refractivity contribution is 4.83. The Kier molecular flexibility index (Phi) is 2.84. The van der Waals surface area contributed by atoms with E-state index in [9.17, 15) is 0 Å². The Balaban J connectivity index is 2.52. The second kappa shape index (κ2) is 3.49. The quantitative estimate of drug-likeness (QED) is 0.542. The Labute approximate surface area is 66.3 Å². The van der Waals surface area contributed by atoms with Gasteiger partial charge in [-0.15, -0.1) is 0 Å². The van der Waals surface area contributed by atoms with E-state index in [2.05, 4.69) is 0 Å². The van der Waals surface area contributed by atoms with Gasteiger partial charge in [-0.25, -0.2) is 0 Å². The summed E-state index contributed by atoms with van der Waals surface area (Å²) < 4.78 is 10.2. The van der Waals surface area contributed by atoms with Crippen molar-refractivity contribution in [1.29, 1.82) is 0 Å². The number of hydrogen-bond donors (Lipinski definition) is 2. The third-order valence-corrected chi connectivity index (χ3v) is 2.00. The SMILES string of the molecule is CO[C@H]1[C@H](N)C[C@@H](O)O[C@@H]1C. The minimum atomic E-state index is -0.730. The molecule has 1 aliphatic rings. The van der Waals surface area contributed by atoms with Gasteiger partial charge in [0.15, 0.2) is 6.29 Å². The maximum absolute atomic E-state index is 9.11. The van der Waals surface area contributed by atoms with Crippen LogP contribution in [-0.4, -0.2) is 36.8 Å². The van der Waals surface area contributed by atoms with Gasteiger partial charge in [0.25, 0.3) is 0 Å². The molecule has 4 heteroatoms. The predicted octanol–water partition coefficient (Wildman–Crippen LogP) is -0.544. The van der Waals surface area contributed by atoms with E-state index in [1.807, 2.05) is 6.92 Å². The molecule has 1 saturated heterocycles. The fourth-order valence-electron chi connectivity index (χ4n) is 1.46. The van der Waals surface area contributed by atoms with Crippen LogP contribution in [0.2, 0.25) is 0 Å². The van der Waals surface area contributed by atoms with Crippen LogP contribution in [0.1, 0.15) is 13.3 Å². The van der Waals surface area contributed by atoms with Gasteiger partial charge in [-0.05, 0) is 6.92 Å². The molecule has 0 saturated carbocycles. The van der Waals surface area contributed by atoms with Crippen LogP contribution in [0.3, 0.4) is 0 Å². The molecule has 3 N–H and O–H groups in total. The second-order valence-corrected chi connectivity index (χ2v) is 2.90. The van der Waals surface area contributed by atoms with Gasteiger partial charge in [0, 0.05) is 19.6 Å². The van der Waals surface area contributed by atoms with Crippen molar-refractivity contribution in [3.8, 4) is 0 Å². The molecule has 0 radical (unpaired) electrons. The Bertz CT molecular complexity index is 119. The normalized spacial score (nSPS) is 45.8. The lowest BCUT2D eigenvalue weighted by Crippen LogP contribution is -2.51. The first-order valence-electron chi connectivity index (χ1n) is 3.77. The number of methoxy groups -OCH3 is 1. The lowest BCUT2D eigenvalue weighted by Gasteiger charge is -2.35. The Morgan fingerprint density at radius 1 is 1.64 bits per heavy atom. The van der Waals surface area contributed by atoms with Crippen molar-refractivity contribution in [2.75, 3.05) is 7.11 Å². The minimum Gasteiger partial charge on any atom is -0.377 e. The van der Waals surface area contributed by atoms with Crippen LogP contribution >= 0.6 is 0 Å².